The Bertz CT molecular complexity index is 1170. The maximum Gasteiger partial charge on any atom is 0.197 e. The minimum atomic E-state index is -0.194. The average molecular weight is 412 g/mol. The van der Waals surface area contributed by atoms with Crippen molar-refractivity contribution < 1.29 is 14.3 Å². The van der Waals surface area contributed by atoms with Crippen molar-refractivity contribution in [3.63, 3.8) is 0 Å². The van der Waals surface area contributed by atoms with E-state index in [0.717, 1.165) is 48.9 Å². The van der Waals surface area contributed by atoms with Crippen LogP contribution in [0.1, 0.15) is 37.7 Å². The summed E-state index contributed by atoms with van der Waals surface area (Å²) >= 11 is 0. The fraction of sp³-hybridized carbons (Fsp3) is 0.231. The first kappa shape index (κ1) is 19.5. The van der Waals surface area contributed by atoms with Crippen molar-refractivity contribution in [3.8, 4) is 5.69 Å². The number of rotatable bonds is 3. The molecule has 0 amide bonds. The van der Waals surface area contributed by atoms with Crippen LogP contribution in [-0.2, 0) is 4.74 Å². The Balaban J connectivity index is 1.47. The number of fused-ring (bicyclic) bond motifs is 1. The van der Waals surface area contributed by atoms with Gasteiger partial charge < -0.3 is 14.2 Å². The van der Waals surface area contributed by atoms with Crippen molar-refractivity contribution >= 4 is 23.3 Å². The number of aromatic nitrogens is 1. The molecule has 1 saturated heterocycles. The van der Waals surface area contributed by atoms with Gasteiger partial charge in [0.2, 0.25) is 0 Å². The number of ether oxygens (including phenoxy) is 1. The van der Waals surface area contributed by atoms with Crippen LogP contribution in [0.5, 0.6) is 0 Å². The highest BCUT2D eigenvalue weighted by atomic mass is 16.5. The van der Waals surface area contributed by atoms with E-state index in [1.165, 1.54) is 5.69 Å². The molecule has 2 heterocycles. The molecule has 0 bridgehead atoms. The van der Waals surface area contributed by atoms with Gasteiger partial charge >= 0.3 is 0 Å². The minimum absolute atomic E-state index is 0.194. The SMILES string of the molecule is Cc1cc(C=C2C(=O)c3ccccc3C2=O)c(C)n1-c1ccc(N2CCOCC2)cc1. The number of ketones is 2. The second-order valence-corrected chi connectivity index (χ2v) is 8.04. The minimum Gasteiger partial charge on any atom is -0.378 e. The van der Waals surface area contributed by atoms with Crippen LogP contribution in [0.25, 0.3) is 11.8 Å². The van der Waals surface area contributed by atoms with Crippen LogP contribution in [0.4, 0.5) is 5.69 Å². The van der Waals surface area contributed by atoms with Crippen LogP contribution < -0.4 is 4.90 Å². The monoisotopic (exact) mass is 412 g/mol. The number of morpholine rings is 1. The molecule has 0 spiro atoms. The van der Waals surface area contributed by atoms with Crippen LogP contribution >= 0.6 is 0 Å². The molecular weight excluding hydrogens is 388 g/mol. The summed E-state index contributed by atoms with van der Waals surface area (Å²) in [6.45, 7) is 7.39. The van der Waals surface area contributed by atoms with Crippen LogP contribution in [-0.4, -0.2) is 42.4 Å². The molecule has 156 valence electrons. The quantitative estimate of drug-likeness (QED) is 0.473. The molecular formula is C26H24N2O3. The Hall–Kier alpha value is -3.44. The molecule has 3 aromatic rings. The number of carbonyl (C=O) groups is 2. The molecule has 1 aliphatic heterocycles. The number of anilines is 1. The summed E-state index contributed by atoms with van der Waals surface area (Å²) in [5.41, 5.74) is 6.42. The van der Waals surface area contributed by atoms with Crippen LogP contribution in [0.15, 0.2) is 60.2 Å². The highest BCUT2D eigenvalue weighted by Gasteiger charge is 2.32. The Morgan fingerprint density at radius 2 is 1.42 bits per heavy atom. The fourth-order valence-electron chi connectivity index (χ4n) is 4.52. The Kier molecular flexibility index (Phi) is 4.83. The lowest BCUT2D eigenvalue weighted by atomic mass is 10.1. The number of hydrogen-bond acceptors (Lipinski definition) is 4. The Labute approximate surface area is 181 Å². The van der Waals surface area contributed by atoms with Gasteiger partial charge in [0.15, 0.2) is 11.6 Å². The lowest BCUT2D eigenvalue weighted by molar-refractivity contribution is 0.0990. The van der Waals surface area contributed by atoms with Gasteiger partial charge in [0.1, 0.15) is 0 Å². The Morgan fingerprint density at radius 1 is 0.839 bits per heavy atom. The van der Waals surface area contributed by atoms with Gasteiger partial charge in [-0.1, -0.05) is 24.3 Å². The van der Waals surface area contributed by atoms with Gasteiger partial charge in [0.05, 0.1) is 18.8 Å². The summed E-state index contributed by atoms with van der Waals surface area (Å²) in [7, 11) is 0. The number of nitrogens with zero attached hydrogens (tertiary/aromatic N) is 2. The van der Waals surface area contributed by atoms with Crippen LogP contribution in [0, 0.1) is 13.8 Å². The van der Waals surface area contributed by atoms with E-state index in [0.29, 0.717) is 11.1 Å². The number of Topliss-reactive ketones (excluding diaryl/α,β-unsaturated/α-hetero) is 2. The van der Waals surface area contributed by atoms with E-state index in [-0.39, 0.29) is 17.1 Å². The Morgan fingerprint density at radius 3 is 2.03 bits per heavy atom. The molecule has 2 aromatic carbocycles. The van der Waals surface area contributed by atoms with E-state index in [1.807, 2.05) is 19.9 Å². The third-order valence-corrected chi connectivity index (χ3v) is 6.16. The van der Waals surface area contributed by atoms with Gasteiger partial charge in [0.25, 0.3) is 0 Å². The van der Waals surface area contributed by atoms with Gasteiger partial charge in [-0.2, -0.15) is 0 Å². The molecule has 0 N–H and O–H groups in total. The summed E-state index contributed by atoms with van der Waals surface area (Å²) in [6.07, 6.45) is 1.74. The molecule has 0 radical (unpaired) electrons. The first-order valence-electron chi connectivity index (χ1n) is 10.6. The molecule has 5 rings (SSSR count). The van der Waals surface area contributed by atoms with Gasteiger partial charge in [-0.05, 0) is 55.8 Å². The van der Waals surface area contributed by atoms with E-state index >= 15 is 0 Å². The van der Waals surface area contributed by atoms with Gasteiger partial charge in [-0.3, -0.25) is 9.59 Å². The maximum absolute atomic E-state index is 12.8. The topological polar surface area (TPSA) is 51.5 Å². The zero-order chi connectivity index (χ0) is 21.5. The number of allylic oxidation sites excluding steroid dienone is 1. The first-order valence-corrected chi connectivity index (χ1v) is 10.6. The standard InChI is InChI=1S/C26H24N2O3/c1-17-15-19(16-24-25(29)22-5-3-4-6-23(22)26(24)30)18(2)28(17)21-9-7-20(8-10-21)27-11-13-31-14-12-27/h3-10,15-16H,11-14H2,1-2H3. The number of hydrogen-bond donors (Lipinski definition) is 0. The average Bonchev–Trinajstić information content (AvgIpc) is 3.22. The molecule has 0 atom stereocenters. The van der Waals surface area contributed by atoms with Gasteiger partial charge in [0, 0.05) is 47.0 Å². The normalized spacial score (nSPS) is 16.1. The summed E-state index contributed by atoms with van der Waals surface area (Å²) in [5.74, 6) is -0.388. The second kappa shape index (κ2) is 7.67. The highest BCUT2D eigenvalue weighted by Crippen LogP contribution is 2.30. The first-order chi connectivity index (χ1) is 15.0. The lowest BCUT2D eigenvalue weighted by Gasteiger charge is -2.29. The van der Waals surface area contributed by atoms with E-state index in [9.17, 15) is 9.59 Å². The van der Waals surface area contributed by atoms with Crippen molar-refractivity contribution in [2.45, 2.75) is 13.8 Å². The molecule has 2 aliphatic rings. The summed E-state index contributed by atoms with van der Waals surface area (Å²) in [5, 5.41) is 0. The predicted molar refractivity (Wildman–Crippen MR) is 121 cm³/mol. The third-order valence-electron chi connectivity index (χ3n) is 6.16. The molecule has 1 aromatic heterocycles. The lowest BCUT2D eigenvalue weighted by Crippen LogP contribution is -2.36. The van der Waals surface area contributed by atoms with E-state index < -0.39 is 0 Å². The maximum atomic E-state index is 12.8. The van der Waals surface area contributed by atoms with E-state index in [2.05, 4.69) is 33.7 Å². The molecule has 5 nitrogen and oxygen atoms in total. The number of aryl methyl sites for hydroxylation is 1. The largest absolute Gasteiger partial charge is 0.378 e. The summed E-state index contributed by atoms with van der Waals surface area (Å²) < 4.78 is 7.60. The molecule has 1 aliphatic carbocycles. The third kappa shape index (κ3) is 3.31. The van der Waals surface area contributed by atoms with E-state index in [4.69, 9.17) is 4.74 Å². The van der Waals surface area contributed by atoms with Gasteiger partial charge in [-0.25, -0.2) is 0 Å². The smallest absolute Gasteiger partial charge is 0.197 e. The molecule has 5 heteroatoms. The molecule has 0 saturated carbocycles. The van der Waals surface area contributed by atoms with E-state index in [1.54, 1.807) is 30.3 Å². The van der Waals surface area contributed by atoms with Crippen LogP contribution in [0.2, 0.25) is 0 Å². The molecule has 1 fully saturated rings. The van der Waals surface area contributed by atoms with Crippen molar-refractivity contribution in [2.75, 3.05) is 31.2 Å². The summed E-state index contributed by atoms with van der Waals surface area (Å²) in [4.78, 5) is 27.9. The highest BCUT2D eigenvalue weighted by molar-refractivity contribution is 6.41. The van der Waals surface area contributed by atoms with Crippen molar-refractivity contribution in [1.82, 2.24) is 4.57 Å². The zero-order valence-electron chi connectivity index (χ0n) is 17.7. The molecule has 31 heavy (non-hydrogen) atoms. The second-order valence-electron chi connectivity index (χ2n) is 8.04. The molecule has 0 unspecified atom stereocenters. The van der Waals surface area contributed by atoms with Crippen molar-refractivity contribution in [2.24, 2.45) is 0 Å². The zero-order valence-corrected chi connectivity index (χ0v) is 17.7. The van der Waals surface area contributed by atoms with Gasteiger partial charge in [-0.15, -0.1) is 0 Å². The van der Waals surface area contributed by atoms with Crippen molar-refractivity contribution in [3.05, 3.63) is 88.2 Å². The number of benzene rings is 2. The predicted octanol–water partition coefficient (Wildman–Crippen LogP) is 4.39. The van der Waals surface area contributed by atoms with Crippen molar-refractivity contribution in [1.29, 1.82) is 0 Å². The summed E-state index contributed by atoms with van der Waals surface area (Å²) in [6, 6.07) is 17.6. The number of carbonyl (C=O) groups excluding carboxylic acids is 2. The fourth-order valence-corrected chi connectivity index (χ4v) is 4.52. The van der Waals surface area contributed by atoms with Crippen LogP contribution in [0.3, 0.4) is 0 Å².